The van der Waals surface area contributed by atoms with E-state index < -0.39 is 0 Å². The predicted octanol–water partition coefficient (Wildman–Crippen LogP) is 3.74. The van der Waals surface area contributed by atoms with Gasteiger partial charge in [-0.3, -0.25) is 4.79 Å². The smallest absolute Gasteiger partial charge is 0.250 e. The summed E-state index contributed by atoms with van der Waals surface area (Å²) in [4.78, 5) is 11.8. The topological polar surface area (TPSA) is 59.9 Å². The van der Waals surface area contributed by atoms with Gasteiger partial charge in [0.2, 0.25) is 5.91 Å². The van der Waals surface area contributed by atoms with Gasteiger partial charge in [0.05, 0.1) is 26.2 Å². The summed E-state index contributed by atoms with van der Waals surface area (Å²) in [6.45, 7) is 0. The molecule has 1 amide bonds. The van der Waals surface area contributed by atoms with E-state index >= 15 is 0 Å². The molecule has 0 radical (unpaired) electrons. The standard InChI is InChI=1S/C18H19ClN2O3S/c1-23-16-8-5-14(9-17(16)24-2)10-20-21-18(22)12-25-11-13-3-6-15(19)7-4-13/h3-10H,11-12H2,1-2H3,(H,21,22). The average Bonchev–Trinajstić information content (AvgIpc) is 2.63. The van der Waals surface area contributed by atoms with E-state index in [9.17, 15) is 4.79 Å². The first-order valence-corrected chi connectivity index (χ1v) is 9.01. The lowest BCUT2D eigenvalue weighted by Crippen LogP contribution is -2.19. The number of hydrazone groups is 1. The average molecular weight is 379 g/mol. The summed E-state index contributed by atoms with van der Waals surface area (Å²) in [6, 6.07) is 13.0. The molecule has 0 saturated heterocycles. The van der Waals surface area contributed by atoms with Gasteiger partial charge in [-0.15, -0.1) is 11.8 Å². The Morgan fingerprint density at radius 3 is 2.56 bits per heavy atom. The Morgan fingerprint density at radius 2 is 1.88 bits per heavy atom. The molecule has 0 atom stereocenters. The number of rotatable bonds is 8. The number of halogens is 1. The molecule has 2 aromatic carbocycles. The van der Waals surface area contributed by atoms with Crippen LogP contribution in [0.3, 0.4) is 0 Å². The maximum Gasteiger partial charge on any atom is 0.250 e. The lowest BCUT2D eigenvalue weighted by molar-refractivity contribution is -0.118. The largest absolute Gasteiger partial charge is 0.493 e. The third-order valence-corrected chi connectivity index (χ3v) is 4.48. The number of thioether (sulfide) groups is 1. The molecule has 0 aliphatic carbocycles. The molecule has 0 aliphatic heterocycles. The molecule has 0 aromatic heterocycles. The SMILES string of the molecule is COc1ccc(C=NNC(=O)CSCc2ccc(Cl)cc2)cc1OC. The van der Waals surface area contributed by atoms with Crippen LogP contribution in [-0.4, -0.2) is 32.1 Å². The van der Waals surface area contributed by atoms with Crippen LogP contribution >= 0.6 is 23.4 Å². The number of carbonyl (C=O) groups excluding carboxylic acids is 1. The number of hydrogen-bond acceptors (Lipinski definition) is 5. The van der Waals surface area contributed by atoms with Gasteiger partial charge in [0.1, 0.15) is 0 Å². The molecule has 132 valence electrons. The number of ether oxygens (including phenoxy) is 2. The summed E-state index contributed by atoms with van der Waals surface area (Å²) < 4.78 is 10.4. The number of benzene rings is 2. The highest BCUT2D eigenvalue weighted by atomic mass is 35.5. The van der Waals surface area contributed by atoms with E-state index in [0.29, 0.717) is 22.3 Å². The van der Waals surface area contributed by atoms with Crippen LogP contribution in [0.4, 0.5) is 0 Å². The minimum Gasteiger partial charge on any atom is -0.493 e. The van der Waals surface area contributed by atoms with E-state index in [1.165, 1.54) is 11.8 Å². The highest BCUT2D eigenvalue weighted by Gasteiger charge is 2.04. The van der Waals surface area contributed by atoms with Crippen molar-refractivity contribution in [3.05, 3.63) is 58.6 Å². The van der Waals surface area contributed by atoms with E-state index in [1.54, 1.807) is 32.6 Å². The molecule has 1 N–H and O–H groups in total. The molecule has 0 bridgehead atoms. The van der Waals surface area contributed by atoms with Gasteiger partial charge in [0.25, 0.3) is 0 Å². The van der Waals surface area contributed by atoms with Gasteiger partial charge in [-0.05, 0) is 41.5 Å². The summed E-state index contributed by atoms with van der Waals surface area (Å²) >= 11 is 7.35. The molecule has 25 heavy (non-hydrogen) atoms. The molecular weight excluding hydrogens is 360 g/mol. The number of hydrogen-bond donors (Lipinski definition) is 1. The maximum absolute atomic E-state index is 11.8. The fraction of sp³-hybridized carbons (Fsp3) is 0.222. The van der Waals surface area contributed by atoms with Crippen LogP contribution in [0, 0.1) is 0 Å². The summed E-state index contributed by atoms with van der Waals surface area (Å²) in [7, 11) is 3.14. The minimum atomic E-state index is -0.157. The normalized spacial score (nSPS) is 10.7. The Morgan fingerprint density at radius 1 is 1.16 bits per heavy atom. The van der Waals surface area contributed by atoms with Crippen LogP contribution in [0.1, 0.15) is 11.1 Å². The Kier molecular flexibility index (Phi) is 7.63. The van der Waals surface area contributed by atoms with Crippen molar-refractivity contribution in [2.24, 2.45) is 5.10 Å². The molecule has 0 spiro atoms. The lowest BCUT2D eigenvalue weighted by atomic mass is 10.2. The Labute approximate surface area is 156 Å². The minimum absolute atomic E-state index is 0.157. The molecule has 7 heteroatoms. The summed E-state index contributed by atoms with van der Waals surface area (Å²) in [5.74, 6) is 2.16. The van der Waals surface area contributed by atoms with E-state index in [-0.39, 0.29) is 5.91 Å². The van der Waals surface area contributed by atoms with Crippen molar-refractivity contribution in [2.45, 2.75) is 5.75 Å². The molecule has 5 nitrogen and oxygen atoms in total. The maximum atomic E-state index is 11.8. The third kappa shape index (κ3) is 6.32. The van der Waals surface area contributed by atoms with Gasteiger partial charge in [-0.25, -0.2) is 5.43 Å². The van der Waals surface area contributed by atoms with E-state index in [2.05, 4.69) is 10.5 Å². The van der Waals surface area contributed by atoms with Gasteiger partial charge in [0, 0.05) is 10.8 Å². The fourth-order valence-electron chi connectivity index (χ4n) is 1.99. The molecule has 0 heterocycles. The predicted molar refractivity (Wildman–Crippen MR) is 103 cm³/mol. The summed E-state index contributed by atoms with van der Waals surface area (Å²) in [6.07, 6.45) is 1.56. The Balaban J connectivity index is 1.77. The first kappa shape index (κ1) is 19.1. The quantitative estimate of drug-likeness (QED) is 0.561. The van der Waals surface area contributed by atoms with Crippen LogP contribution in [0.2, 0.25) is 5.02 Å². The van der Waals surface area contributed by atoms with Crippen LogP contribution in [0.15, 0.2) is 47.6 Å². The van der Waals surface area contributed by atoms with Gasteiger partial charge in [0.15, 0.2) is 11.5 Å². The Hall–Kier alpha value is -2.18. The van der Waals surface area contributed by atoms with E-state index in [4.69, 9.17) is 21.1 Å². The van der Waals surface area contributed by atoms with Crippen LogP contribution in [0.5, 0.6) is 11.5 Å². The second-order valence-corrected chi connectivity index (χ2v) is 6.45. The first-order valence-electron chi connectivity index (χ1n) is 7.48. The molecule has 0 unspecified atom stereocenters. The highest BCUT2D eigenvalue weighted by molar-refractivity contribution is 7.99. The van der Waals surface area contributed by atoms with Crippen molar-refractivity contribution in [1.82, 2.24) is 5.43 Å². The van der Waals surface area contributed by atoms with Crippen LogP contribution < -0.4 is 14.9 Å². The zero-order valence-electron chi connectivity index (χ0n) is 14.0. The Bertz CT molecular complexity index is 736. The second-order valence-electron chi connectivity index (χ2n) is 5.03. The van der Waals surface area contributed by atoms with Crippen molar-refractivity contribution < 1.29 is 14.3 Å². The highest BCUT2D eigenvalue weighted by Crippen LogP contribution is 2.26. The molecule has 0 aliphatic rings. The van der Waals surface area contributed by atoms with Crippen molar-refractivity contribution in [2.75, 3.05) is 20.0 Å². The van der Waals surface area contributed by atoms with E-state index in [1.807, 2.05) is 30.3 Å². The van der Waals surface area contributed by atoms with Crippen molar-refractivity contribution in [3.63, 3.8) is 0 Å². The zero-order chi connectivity index (χ0) is 18.1. The number of carbonyl (C=O) groups is 1. The number of nitrogens with one attached hydrogen (secondary N) is 1. The monoisotopic (exact) mass is 378 g/mol. The first-order chi connectivity index (χ1) is 12.1. The summed E-state index contributed by atoms with van der Waals surface area (Å²) in [5, 5.41) is 4.66. The zero-order valence-corrected chi connectivity index (χ0v) is 15.6. The van der Waals surface area contributed by atoms with Crippen molar-refractivity contribution in [1.29, 1.82) is 0 Å². The number of methoxy groups -OCH3 is 2. The molecule has 0 fully saturated rings. The van der Waals surface area contributed by atoms with Gasteiger partial charge >= 0.3 is 0 Å². The van der Waals surface area contributed by atoms with Gasteiger partial charge in [-0.2, -0.15) is 5.10 Å². The van der Waals surface area contributed by atoms with Gasteiger partial charge < -0.3 is 9.47 Å². The number of amides is 1. The van der Waals surface area contributed by atoms with Crippen molar-refractivity contribution >= 4 is 35.5 Å². The van der Waals surface area contributed by atoms with Crippen molar-refractivity contribution in [3.8, 4) is 11.5 Å². The number of nitrogens with zero attached hydrogens (tertiary/aromatic N) is 1. The second kappa shape index (κ2) is 9.96. The molecule has 2 rings (SSSR count). The molecule has 2 aromatic rings. The molecular formula is C18H19ClN2O3S. The van der Waals surface area contributed by atoms with Crippen LogP contribution in [0.25, 0.3) is 0 Å². The summed E-state index contributed by atoms with van der Waals surface area (Å²) in [5.41, 5.74) is 4.43. The van der Waals surface area contributed by atoms with Crippen LogP contribution in [-0.2, 0) is 10.5 Å². The van der Waals surface area contributed by atoms with Gasteiger partial charge in [-0.1, -0.05) is 23.7 Å². The molecule has 0 saturated carbocycles. The third-order valence-electron chi connectivity index (χ3n) is 3.23. The van der Waals surface area contributed by atoms with E-state index in [0.717, 1.165) is 16.9 Å². The fourth-order valence-corrected chi connectivity index (χ4v) is 2.89. The lowest BCUT2D eigenvalue weighted by Gasteiger charge is -2.07.